The summed E-state index contributed by atoms with van der Waals surface area (Å²) in [6.07, 6.45) is 15.2. The molecule has 35 heteroatoms. The maximum Gasteiger partial charge on any atom is 0.176 e. The van der Waals surface area contributed by atoms with Gasteiger partial charge in [-0.2, -0.15) is 0 Å². The SMILES string of the molecule is Fc1c(F)c(C2=C3C=CC(=N3)C(c3c(F)c(F)c(Sc4ccncc4)c(F)c3F)=c3ccc([nH]3)=C(c3c(F)c(F)c(Sc4ccncc4)c(F)c3F)C3=NC(=C(c4c(F)c(F)c(Sc5ccncc5)c(F)c4F)c4ccc5c(-c6c(F)c(F)c(Sc7ccncc7)c(F)c6F)c6c(n45)=CC2=N6)C=C3)c(F)c(F)c1Sc1ccncc1. The zero-order valence-corrected chi connectivity index (χ0v) is 60.5. The van der Waals surface area contributed by atoms with E-state index in [-0.39, 0.29) is 83.3 Å². The highest BCUT2D eigenvalue weighted by molar-refractivity contribution is 8.00. The first-order chi connectivity index (χ1) is 55.4. The van der Waals surface area contributed by atoms with Crippen molar-refractivity contribution in [3.05, 3.63) is 343 Å². The molecule has 0 spiro atoms. The molecule has 8 bridgehead atoms. The number of nitrogens with one attached hydrogen (secondary N) is 1. The lowest BCUT2D eigenvalue weighted by atomic mass is 9.96. The highest BCUT2D eigenvalue weighted by Crippen LogP contribution is 2.51. The zero-order chi connectivity index (χ0) is 80.4. The number of hydrogen-bond acceptors (Lipinski definition) is 13. The van der Waals surface area contributed by atoms with Gasteiger partial charge in [0.05, 0.1) is 103 Å². The number of benzene rings is 5. The van der Waals surface area contributed by atoms with Crippen molar-refractivity contribution in [2.45, 2.75) is 49.0 Å². The molecular weight excluding hydrogens is 1640 g/mol. The number of nitrogens with zero attached hydrogens (tertiary/aromatic N) is 9. The summed E-state index contributed by atoms with van der Waals surface area (Å²) in [6.45, 7) is 0. The van der Waals surface area contributed by atoms with E-state index >= 15 is 87.8 Å². The molecule has 0 saturated heterocycles. The van der Waals surface area contributed by atoms with Gasteiger partial charge in [-0.25, -0.2) is 103 Å². The van der Waals surface area contributed by atoms with Crippen LogP contribution in [-0.4, -0.2) is 51.4 Å². The fourth-order valence-corrected chi connectivity index (χ4v) is 17.4. The quantitative estimate of drug-likeness (QED) is 0.0784. The van der Waals surface area contributed by atoms with Gasteiger partial charge in [0.25, 0.3) is 0 Å². The van der Waals surface area contributed by atoms with Crippen LogP contribution in [0.25, 0.3) is 45.0 Å². The largest absolute Gasteiger partial charge is 0.354 e. The highest BCUT2D eigenvalue weighted by atomic mass is 32.2. The van der Waals surface area contributed by atoms with Crippen molar-refractivity contribution in [3.63, 3.8) is 0 Å². The molecule has 0 amide bonds. The van der Waals surface area contributed by atoms with Crippen molar-refractivity contribution in [2.24, 2.45) is 15.0 Å². The number of aromatic nitrogens is 7. The molecule has 1 N–H and O–H groups in total. The lowest BCUT2D eigenvalue weighted by molar-refractivity contribution is 0.422. The third kappa shape index (κ3) is 12.6. The lowest BCUT2D eigenvalue weighted by Crippen LogP contribution is -2.24. The Labute approximate surface area is 651 Å². The minimum atomic E-state index is -2.31. The van der Waals surface area contributed by atoms with Crippen molar-refractivity contribution in [1.82, 2.24) is 34.3 Å². The first-order valence-corrected chi connectivity index (χ1v) is 36.9. The molecule has 17 rings (SSSR count). The molecule has 10 nitrogen and oxygen atoms in total. The van der Waals surface area contributed by atoms with Crippen molar-refractivity contribution < 1.29 is 87.8 Å². The number of aromatic amines is 1. The Morgan fingerprint density at radius 1 is 0.252 bits per heavy atom. The van der Waals surface area contributed by atoms with Gasteiger partial charge in [-0.1, -0.05) is 58.8 Å². The average Bonchev–Trinajstić information content (AvgIpc) is 1.59. The molecule has 8 aromatic heterocycles. The first kappa shape index (κ1) is 75.6. The highest BCUT2D eigenvalue weighted by Gasteiger charge is 2.41. The molecule has 0 radical (unpaired) electrons. The maximum atomic E-state index is 18.0. The van der Waals surface area contributed by atoms with Crippen molar-refractivity contribution in [3.8, 4) is 11.1 Å². The summed E-state index contributed by atoms with van der Waals surface area (Å²) in [7, 11) is 0. The van der Waals surface area contributed by atoms with Gasteiger partial charge in [0.1, 0.15) is 0 Å². The molecule has 570 valence electrons. The maximum absolute atomic E-state index is 18.0. The van der Waals surface area contributed by atoms with E-state index in [2.05, 4.69) is 44.9 Å². The van der Waals surface area contributed by atoms with E-state index in [1.165, 1.54) is 60.7 Å². The Morgan fingerprint density at radius 2 is 0.530 bits per heavy atom. The number of halogens is 20. The standard InChI is InChI=1S/C80H30F20N10S5/c81-55-50(56(82)66(92)76(65(55)91)111-30-9-19-101-20-10-30)45-35-1-2-36(106-35)46(51-57(83)67(93)77(68(94)58(51)84)112-31-11-21-102-22-12-31)38-5-6-40(108-38)48(53-61(87)71(97)79(72(98)62(53)88)114-33-15-25-104-26-16-33)42-7-8-43-49(54-63(89)73(99)80(74(100)64(54)90)115-34-17-27-105-28-18-34)75-44(110(42)43)29-41(109-75)47(39-4-3-37(45)107-39)52-59(85)69(95)78(70(96)60(52)86)113-32-13-23-103-24-14-32/h1-29,106H. The molecule has 115 heavy (non-hydrogen) atoms. The Kier molecular flexibility index (Phi) is 19.5. The monoisotopic (exact) mass is 1670 g/mol. The van der Waals surface area contributed by atoms with Crippen LogP contribution in [-0.2, 0) is 0 Å². The Balaban J connectivity index is 1.04. The molecule has 0 aliphatic carbocycles. The predicted molar refractivity (Wildman–Crippen MR) is 387 cm³/mol. The minimum absolute atomic E-state index is 0.0340. The topological polar surface area (TPSA) is 122 Å². The van der Waals surface area contributed by atoms with E-state index in [4.69, 9.17) is 0 Å². The van der Waals surface area contributed by atoms with Crippen LogP contribution in [0.3, 0.4) is 0 Å². The lowest BCUT2D eigenvalue weighted by Gasteiger charge is -2.17. The molecule has 13 aromatic rings. The number of H-pyrrole nitrogens is 1. The third-order valence-corrected chi connectivity index (χ3v) is 23.5. The number of rotatable bonds is 15. The van der Waals surface area contributed by atoms with E-state index in [9.17, 15) is 0 Å². The van der Waals surface area contributed by atoms with E-state index in [1.54, 1.807) is 0 Å². The van der Waals surface area contributed by atoms with Gasteiger partial charge >= 0.3 is 0 Å². The number of allylic oxidation sites excluding steroid dienone is 5. The van der Waals surface area contributed by atoms with E-state index < -0.39 is 258 Å². The Hall–Kier alpha value is -12.1. The van der Waals surface area contributed by atoms with E-state index in [1.807, 2.05) is 0 Å². The molecule has 5 aromatic carbocycles. The van der Waals surface area contributed by atoms with Crippen LogP contribution in [0.15, 0.2) is 247 Å². The number of hydrogen-bond donors (Lipinski definition) is 1. The summed E-state index contributed by atoms with van der Waals surface area (Å²) in [4.78, 5) is 28.1. The fourth-order valence-electron chi connectivity index (χ4n) is 13.1. The normalized spacial score (nSPS) is 13.8. The molecule has 0 saturated carbocycles. The predicted octanol–water partition coefficient (Wildman–Crippen LogP) is 20.3. The smallest absolute Gasteiger partial charge is 0.176 e. The summed E-state index contributed by atoms with van der Waals surface area (Å²) < 4.78 is 351. The van der Waals surface area contributed by atoms with Gasteiger partial charge < -0.3 is 9.38 Å². The van der Waals surface area contributed by atoms with Gasteiger partial charge in [-0.15, -0.1) is 0 Å². The van der Waals surface area contributed by atoms with Crippen molar-refractivity contribution in [2.75, 3.05) is 0 Å². The molecule has 4 aliphatic heterocycles. The second-order valence-electron chi connectivity index (χ2n) is 24.6. The van der Waals surface area contributed by atoms with Crippen LogP contribution in [0.4, 0.5) is 93.5 Å². The average molecular weight is 1670 g/mol. The molecule has 4 aliphatic rings. The second-order valence-corrected chi connectivity index (χ2v) is 30.1. The zero-order valence-electron chi connectivity index (χ0n) is 56.4. The summed E-state index contributed by atoms with van der Waals surface area (Å²) in [5.74, 6) is -44.1. The van der Waals surface area contributed by atoms with Crippen LogP contribution in [0.1, 0.15) is 27.9 Å². The Morgan fingerprint density at radius 3 is 0.843 bits per heavy atom. The fraction of sp³-hybridized carbons (Fsp3) is 0. The third-order valence-electron chi connectivity index (χ3n) is 18.1. The van der Waals surface area contributed by atoms with Gasteiger partial charge in [0.15, 0.2) is 116 Å². The van der Waals surface area contributed by atoms with Crippen LogP contribution in [0, 0.1) is 116 Å². The first-order valence-electron chi connectivity index (χ1n) is 32.9. The van der Waals surface area contributed by atoms with Gasteiger partial charge in [0, 0.05) is 125 Å². The summed E-state index contributed by atoms with van der Waals surface area (Å²) >= 11 is 0.733. The summed E-state index contributed by atoms with van der Waals surface area (Å²) in [5.41, 5.74) is -22.5. The molecule has 12 heterocycles. The van der Waals surface area contributed by atoms with Crippen LogP contribution in [0.5, 0.6) is 0 Å². The van der Waals surface area contributed by atoms with Crippen molar-refractivity contribution in [1.29, 1.82) is 0 Å². The number of aliphatic imine (C=N–C) groups is 3. The van der Waals surface area contributed by atoms with Crippen LogP contribution >= 0.6 is 58.8 Å². The van der Waals surface area contributed by atoms with E-state index in [0.717, 1.165) is 104 Å². The van der Waals surface area contributed by atoms with E-state index in [0.29, 0.717) is 16.6 Å². The Bertz CT molecular complexity index is 6720. The molecule has 0 atom stereocenters. The van der Waals surface area contributed by atoms with Gasteiger partial charge in [0.2, 0.25) is 0 Å². The molecule has 0 unspecified atom stereocenters. The van der Waals surface area contributed by atoms with Crippen LogP contribution in [0.2, 0.25) is 0 Å². The number of fused-ring (bicyclic) bond motifs is 5. The second kappa shape index (κ2) is 29.7. The van der Waals surface area contributed by atoms with Crippen molar-refractivity contribution >= 4 is 116 Å². The minimum Gasteiger partial charge on any atom is -0.354 e. The van der Waals surface area contributed by atoms with Crippen LogP contribution < -0.4 is 16.0 Å². The molecular formula is C80H30F20N10S5. The van der Waals surface area contributed by atoms with Gasteiger partial charge in [-0.3, -0.25) is 24.9 Å². The molecule has 0 fully saturated rings. The summed E-state index contributed by atoms with van der Waals surface area (Å²) in [5, 5.41) is -2.57. The number of pyridine rings is 5. The summed E-state index contributed by atoms with van der Waals surface area (Å²) in [6, 6.07) is 15.2. The van der Waals surface area contributed by atoms with Gasteiger partial charge in [-0.05, 0) is 115 Å².